The number of hydrogen-bond acceptors (Lipinski definition) is 5. The van der Waals surface area contributed by atoms with Crippen LogP contribution in [0.2, 0.25) is 0 Å². The van der Waals surface area contributed by atoms with E-state index in [0.29, 0.717) is 0 Å². The lowest BCUT2D eigenvalue weighted by atomic mass is 10.2. The van der Waals surface area contributed by atoms with E-state index in [2.05, 4.69) is 9.72 Å². The standard InChI is InChI=1S/C12H14F3NO4/c1-4-19-10(17)6-8-11(18-3)9(5-7(2)16-8)20-12(13,14)15/h5H,4,6H2,1-3H3. The summed E-state index contributed by atoms with van der Waals surface area (Å²) in [6.45, 7) is 3.27. The molecule has 20 heavy (non-hydrogen) atoms. The molecule has 0 aliphatic carbocycles. The van der Waals surface area contributed by atoms with Gasteiger partial charge in [0, 0.05) is 11.8 Å². The minimum atomic E-state index is -4.86. The normalized spacial score (nSPS) is 11.1. The molecule has 5 nitrogen and oxygen atoms in total. The maximum Gasteiger partial charge on any atom is 0.573 e. The van der Waals surface area contributed by atoms with Crippen LogP contribution in [0.1, 0.15) is 18.3 Å². The number of aryl methyl sites for hydroxylation is 1. The Kier molecular flexibility index (Phi) is 5.18. The first-order valence-electron chi connectivity index (χ1n) is 5.72. The van der Waals surface area contributed by atoms with Crippen LogP contribution in [0.15, 0.2) is 6.07 Å². The van der Waals surface area contributed by atoms with Crippen molar-refractivity contribution in [1.29, 1.82) is 0 Å². The Morgan fingerprint density at radius 2 is 2.05 bits per heavy atom. The topological polar surface area (TPSA) is 57.7 Å². The molecule has 0 radical (unpaired) electrons. The summed E-state index contributed by atoms with van der Waals surface area (Å²) in [6, 6.07) is 1.08. The first-order chi connectivity index (χ1) is 9.26. The van der Waals surface area contributed by atoms with Gasteiger partial charge >= 0.3 is 12.3 Å². The van der Waals surface area contributed by atoms with E-state index in [4.69, 9.17) is 9.47 Å². The van der Waals surface area contributed by atoms with Crippen molar-refractivity contribution in [2.24, 2.45) is 0 Å². The second-order valence-electron chi connectivity index (χ2n) is 3.77. The Labute approximate surface area is 113 Å². The SMILES string of the molecule is CCOC(=O)Cc1nc(C)cc(OC(F)(F)F)c1OC. The molecule has 8 heteroatoms. The summed E-state index contributed by atoms with van der Waals surface area (Å²) in [7, 11) is 1.17. The summed E-state index contributed by atoms with van der Waals surface area (Å²) in [5.41, 5.74) is 0.301. The molecule has 0 unspecified atom stereocenters. The van der Waals surface area contributed by atoms with Crippen molar-refractivity contribution in [1.82, 2.24) is 4.98 Å². The predicted molar refractivity (Wildman–Crippen MR) is 62.5 cm³/mol. The molecule has 0 aliphatic rings. The first kappa shape index (κ1) is 16.1. The second kappa shape index (κ2) is 6.44. The summed E-state index contributed by atoms with van der Waals surface area (Å²) in [5.74, 6) is -1.38. The van der Waals surface area contributed by atoms with Gasteiger partial charge in [0.25, 0.3) is 0 Å². The third-order valence-electron chi connectivity index (χ3n) is 2.18. The van der Waals surface area contributed by atoms with Crippen LogP contribution in [0.25, 0.3) is 0 Å². The molecule has 1 heterocycles. The highest BCUT2D eigenvalue weighted by Crippen LogP contribution is 2.35. The van der Waals surface area contributed by atoms with Crippen molar-refractivity contribution in [2.75, 3.05) is 13.7 Å². The molecule has 0 aromatic carbocycles. The molecule has 1 aromatic heterocycles. The highest BCUT2D eigenvalue weighted by atomic mass is 19.4. The number of aromatic nitrogens is 1. The first-order valence-corrected chi connectivity index (χ1v) is 5.72. The van der Waals surface area contributed by atoms with Gasteiger partial charge in [-0.25, -0.2) is 0 Å². The minimum Gasteiger partial charge on any atom is -0.491 e. The van der Waals surface area contributed by atoms with Gasteiger partial charge in [-0.1, -0.05) is 0 Å². The zero-order valence-corrected chi connectivity index (χ0v) is 11.2. The van der Waals surface area contributed by atoms with Gasteiger partial charge in [-0.15, -0.1) is 13.2 Å². The zero-order chi connectivity index (χ0) is 15.3. The molecule has 0 spiro atoms. The monoisotopic (exact) mass is 293 g/mol. The fraction of sp³-hybridized carbons (Fsp3) is 0.500. The molecule has 0 atom stereocenters. The van der Waals surface area contributed by atoms with Crippen LogP contribution in [0.4, 0.5) is 13.2 Å². The van der Waals surface area contributed by atoms with Gasteiger partial charge in [0.15, 0.2) is 11.5 Å². The van der Waals surface area contributed by atoms with Crippen LogP contribution in [0, 0.1) is 6.92 Å². The van der Waals surface area contributed by atoms with E-state index in [1.54, 1.807) is 6.92 Å². The molecule has 0 bridgehead atoms. The maximum atomic E-state index is 12.3. The number of esters is 1. The predicted octanol–water partition coefficient (Wildman–Crippen LogP) is 2.40. The Bertz CT molecular complexity index is 488. The number of nitrogens with zero attached hydrogens (tertiary/aromatic N) is 1. The molecular weight excluding hydrogens is 279 g/mol. The van der Waals surface area contributed by atoms with Crippen LogP contribution in [0.3, 0.4) is 0 Å². The van der Waals surface area contributed by atoms with E-state index in [1.165, 1.54) is 14.0 Å². The third kappa shape index (κ3) is 4.60. The largest absolute Gasteiger partial charge is 0.573 e. The quantitative estimate of drug-likeness (QED) is 0.780. The van der Waals surface area contributed by atoms with Gasteiger partial charge in [-0.3, -0.25) is 9.78 Å². The Morgan fingerprint density at radius 3 is 2.55 bits per heavy atom. The van der Waals surface area contributed by atoms with Crippen LogP contribution in [-0.4, -0.2) is 31.0 Å². The van der Waals surface area contributed by atoms with Crippen molar-refractivity contribution < 1.29 is 32.2 Å². The highest BCUT2D eigenvalue weighted by molar-refractivity contribution is 5.73. The van der Waals surface area contributed by atoms with Crippen molar-refractivity contribution in [3.63, 3.8) is 0 Å². The number of ether oxygens (including phenoxy) is 3. The molecule has 0 amide bonds. The highest BCUT2D eigenvalue weighted by Gasteiger charge is 2.33. The molecule has 1 rings (SSSR count). The Balaban J connectivity index is 3.13. The van der Waals surface area contributed by atoms with Gasteiger partial charge in [0.05, 0.1) is 25.8 Å². The number of hydrogen-bond donors (Lipinski definition) is 0. The fourth-order valence-electron chi connectivity index (χ4n) is 1.58. The molecule has 1 aromatic rings. The van der Waals surface area contributed by atoms with Gasteiger partial charge in [-0.05, 0) is 13.8 Å². The fourth-order valence-corrected chi connectivity index (χ4v) is 1.58. The van der Waals surface area contributed by atoms with E-state index in [9.17, 15) is 18.0 Å². The average molecular weight is 293 g/mol. The van der Waals surface area contributed by atoms with Gasteiger partial charge < -0.3 is 14.2 Å². The lowest BCUT2D eigenvalue weighted by molar-refractivity contribution is -0.275. The second-order valence-corrected chi connectivity index (χ2v) is 3.77. The average Bonchev–Trinajstić information content (AvgIpc) is 2.26. The Morgan fingerprint density at radius 1 is 1.40 bits per heavy atom. The summed E-state index contributed by atoms with van der Waals surface area (Å²) in [6.07, 6.45) is -5.16. The third-order valence-corrected chi connectivity index (χ3v) is 2.18. The number of carbonyl (C=O) groups is 1. The van der Waals surface area contributed by atoms with Crippen molar-refractivity contribution in [3.05, 3.63) is 17.5 Å². The molecule has 0 saturated carbocycles. The number of halogens is 3. The van der Waals surface area contributed by atoms with Crippen LogP contribution in [0.5, 0.6) is 11.5 Å². The van der Waals surface area contributed by atoms with E-state index in [1.807, 2.05) is 0 Å². The molecule has 0 aliphatic heterocycles. The van der Waals surface area contributed by atoms with E-state index < -0.39 is 18.1 Å². The molecular formula is C12H14F3NO4. The summed E-state index contributed by atoms with van der Waals surface area (Å²) in [4.78, 5) is 15.4. The van der Waals surface area contributed by atoms with Crippen molar-refractivity contribution in [3.8, 4) is 11.5 Å². The van der Waals surface area contributed by atoms with E-state index in [-0.39, 0.29) is 30.2 Å². The molecule has 0 N–H and O–H groups in total. The number of carbonyl (C=O) groups excluding carboxylic acids is 1. The minimum absolute atomic E-state index is 0.0326. The lowest BCUT2D eigenvalue weighted by Gasteiger charge is -2.15. The van der Waals surface area contributed by atoms with E-state index in [0.717, 1.165) is 6.07 Å². The zero-order valence-electron chi connectivity index (χ0n) is 11.2. The summed E-state index contributed by atoms with van der Waals surface area (Å²) < 4.78 is 50.4. The van der Waals surface area contributed by atoms with Crippen LogP contribution >= 0.6 is 0 Å². The summed E-state index contributed by atoms with van der Waals surface area (Å²) in [5, 5.41) is 0. The van der Waals surface area contributed by atoms with E-state index >= 15 is 0 Å². The van der Waals surface area contributed by atoms with Crippen LogP contribution < -0.4 is 9.47 Å². The van der Waals surface area contributed by atoms with Gasteiger partial charge in [0.2, 0.25) is 0 Å². The summed E-state index contributed by atoms with van der Waals surface area (Å²) >= 11 is 0. The number of methoxy groups -OCH3 is 1. The number of rotatable bonds is 5. The van der Waals surface area contributed by atoms with Gasteiger partial charge in [-0.2, -0.15) is 0 Å². The molecule has 0 saturated heterocycles. The number of pyridine rings is 1. The van der Waals surface area contributed by atoms with Crippen molar-refractivity contribution >= 4 is 5.97 Å². The lowest BCUT2D eigenvalue weighted by Crippen LogP contribution is -2.19. The Hall–Kier alpha value is -1.99. The van der Waals surface area contributed by atoms with Crippen molar-refractivity contribution in [2.45, 2.75) is 26.6 Å². The number of alkyl halides is 3. The molecule has 112 valence electrons. The van der Waals surface area contributed by atoms with Gasteiger partial charge in [0.1, 0.15) is 0 Å². The smallest absolute Gasteiger partial charge is 0.491 e. The van der Waals surface area contributed by atoms with Crippen LogP contribution in [-0.2, 0) is 16.0 Å². The maximum absolute atomic E-state index is 12.3. The molecule has 0 fully saturated rings.